The van der Waals surface area contributed by atoms with E-state index in [1.807, 2.05) is 12.1 Å². The summed E-state index contributed by atoms with van der Waals surface area (Å²) in [4.78, 5) is 0. The number of nitrogens with two attached hydrogens (primary N) is 1. The quantitative estimate of drug-likeness (QED) is 0.835. The molecule has 2 N–H and O–H groups in total. The molecule has 80 valence electrons. The number of halogens is 1. The lowest BCUT2D eigenvalue weighted by Crippen LogP contribution is -2.17. The van der Waals surface area contributed by atoms with Crippen LogP contribution in [0.2, 0.25) is 5.02 Å². The van der Waals surface area contributed by atoms with Crippen LogP contribution < -0.4 is 5.73 Å². The van der Waals surface area contributed by atoms with Crippen molar-refractivity contribution in [1.29, 1.82) is 0 Å². The van der Waals surface area contributed by atoms with Crippen molar-refractivity contribution in [2.24, 2.45) is 17.6 Å². The van der Waals surface area contributed by atoms with E-state index in [1.165, 1.54) is 24.8 Å². The fraction of sp³-hybridized carbons (Fsp3) is 0.538. The Hall–Kier alpha value is -0.530. The minimum absolute atomic E-state index is 0.430. The van der Waals surface area contributed by atoms with Crippen molar-refractivity contribution in [3.8, 4) is 0 Å². The summed E-state index contributed by atoms with van der Waals surface area (Å²) in [6.45, 7) is 0.832. The highest BCUT2D eigenvalue weighted by Gasteiger charge is 2.61. The SMILES string of the molecule is NC[C@@H]1CC1(c1ccc(Cl)cc1)C1CC1. The van der Waals surface area contributed by atoms with Gasteiger partial charge in [-0.1, -0.05) is 23.7 Å². The smallest absolute Gasteiger partial charge is 0.0406 e. The Morgan fingerprint density at radius 3 is 2.40 bits per heavy atom. The largest absolute Gasteiger partial charge is 0.330 e. The minimum atomic E-state index is 0.430. The molecule has 15 heavy (non-hydrogen) atoms. The second-order valence-electron chi connectivity index (χ2n) is 4.96. The van der Waals surface area contributed by atoms with Gasteiger partial charge in [-0.2, -0.15) is 0 Å². The van der Waals surface area contributed by atoms with Gasteiger partial charge in [-0.3, -0.25) is 0 Å². The van der Waals surface area contributed by atoms with E-state index in [-0.39, 0.29) is 0 Å². The van der Waals surface area contributed by atoms with Gasteiger partial charge >= 0.3 is 0 Å². The van der Waals surface area contributed by atoms with Gasteiger partial charge in [0.1, 0.15) is 0 Å². The molecule has 2 fully saturated rings. The average Bonchev–Trinajstić information content (AvgIpc) is 3.12. The Kier molecular flexibility index (Phi) is 2.08. The number of rotatable bonds is 3. The Morgan fingerprint density at radius 1 is 1.27 bits per heavy atom. The maximum Gasteiger partial charge on any atom is 0.0406 e. The molecule has 2 atom stereocenters. The molecule has 1 unspecified atom stereocenters. The molecule has 0 aliphatic heterocycles. The van der Waals surface area contributed by atoms with E-state index in [0.717, 1.165) is 17.5 Å². The second kappa shape index (κ2) is 3.23. The summed E-state index contributed by atoms with van der Waals surface area (Å²) in [7, 11) is 0. The molecular weight excluding hydrogens is 206 g/mol. The summed E-state index contributed by atoms with van der Waals surface area (Å²) in [5, 5.41) is 0.828. The van der Waals surface area contributed by atoms with Crippen molar-refractivity contribution in [2.75, 3.05) is 6.54 Å². The first-order valence-electron chi connectivity index (χ1n) is 5.73. The van der Waals surface area contributed by atoms with Crippen LogP contribution in [-0.4, -0.2) is 6.54 Å². The molecule has 2 heteroatoms. The molecule has 0 aromatic heterocycles. The molecule has 3 rings (SSSR count). The van der Waals surface area contributed by atoms with E-state index in [2.05, 4.69) is 12.1 Å². The van der Waals surface area contributed by atoms with Crippen molar-refractivity contribution in [1.82, 2.24) is 0 Å². The lowest BCUT2D eigenvalue weighted by atomic mass is 9.88. The predicted molar refractivity (Wildman–Crippen MR) is 63.0 cm³/mol. The fourth-order valence-electron chi connectivity index (χ4n) is 3.09. The van der Waals surface area contributed by atoms with Crippen LogP contribution in [0.5, 0.6) is 0 Å². The summed E-state index contributed by atoms with van der Waals surface area (Å²) >= 11 is 5.92. The highest BCUT2D eigenvalue weighted by atomic mass is 35.5. The van der Waals surface area contributed by atoms with Crippen LogP contribution in [0.3, 0.4) is 0 Å². The van der Waals surface area contributed by atoms with Gasteiger partial charge < -0.3 is 5.73 Å². The highest BCUT2D eigenvalue weighted by Crippen LogP contribution is 2.65. The van der Waals surface area contributed by atoms with E-state index in [4.69, 9.17) is 17.3 Å². The lowest BCUT2D eigenvalue weighted by molar-refractivity contribution is 0.535. The van der Waals surface area contributed by atoms with E-state index < -0.39 is 0 Å². The molecule has 0 spiro atoms. The molecular formula is C13H16ClN. The Bertz CT molecular complexity index is 369. The Morgan fingerprint density at radius 2 is 1.93 bits per heavy atom. The van der Waals surface area contributed by atoms with Gasteiger partial charge in [-0.15, -0.1) is 0 Å². The standard InChI is InChI=1S/C13H16ClN/c14-12-5-3-10(4-6-12)13(9-1-2-9)7-11(13)8-15/h3-6,9,11H,1-2,7-8,15H2/t11-,13?/m0/s1. The minimum Gasteiger partial charge on any atom is -0.330 e. The number of hydrogen-bond donors (Lipinski definition) is 1. The topological polar surface area (TPSA) is 26.0 Å². The van der Waals surface area contributed by atoms with E-state index in [9.17, 15) is 0 Å². The molecule has 1 aromatic rings. The van der Waals surface area contributed by atoms with Crippen molar-refractivity contribution < 1.29 is 0 Å². The van der Waals surface area contributed by atoms with Gasteiger partial charge in [-0.25, -0.2) is 0 Å². The number of hydrogen-bond acceptors (Lipinski definition) is 1. The van der Waals surface area contributed by atoms with Crippen LogP contribution in [0.1, 0.15) is 24.8 Å². The van der Waals surface area contributed by atoms with Crippen LogP contribution in [0.25, 0.3) is 0 Å². The van der Waals surface area contributed by atoms with Crippen LogP contribution >= 0.6 is 11.6 Å². The van der Waals surface area contributed by atoms with Crippen LogP contribution in [-0.2, 0) is 5.41 Å². The fourth-order valence-corrected chi connectivity index (χ4v) is 3.22. The molecule has 1 aromatic carbocycles. The third kappa shape index (κ3) is 1.41. The van der Waals surface area contributed by atoms with Gasteiger partial charge in [0.15, 0.2) is 0 Å². The van der Waals surface area contributed by atoms with E-state index >= 15 is 0 Å². The van der Waals surface area contributed by atoms with Crippen molar-refractivity contribution >= 4 is 11.6 Å². The molecule has 2 saturated carbocycles. The van der Waals surface area contributed by atoms with Crippen molar-refractivity contribution in [2.45, 2.75) is 24.7 Å². The average molecular weight is 222 g/mol. The molecule has 2 aliphatic carbocycles. The second-order valence-corrected chi connectivity index (χ2v) is 5.39. The van der Waals surface area contributed by atoms with Crippen molar-refractivity contribution in [3.63, 3.8) is 0 Å². The van der Waals surface area contributed by atoms with Crippen molar-refractivity contribution in [3.05, 3.63) is 34.9 Å². The first-order valence-corrected chi connectivity index (χ1v) is 6.11. The third-order valence-electron chi connectivity index (χ3n) is 4.12. The molecule has 2 aliphatic rings. The molecule has 0 radical (unpaired) electrons. The zero-order chi connectivity index (χ0) is 10.5. The molecule has 0 bridgehead atoms. The van der Waals surface area contributed by atoms with E-state index in [0.29, 0.717) is 11.3 Å². The van der Waals surface area contributed by atoms with Gasteiger partial charge in [0.05, 0.1) is 0 Å². The van der Waals surface area contributed by atoms with Gasteiger partial charge in [0, 0.05) is 10.4 Å². The number of benzene rings is 1. The molecule has 0 saturated heterocycles. The van der Waals surface area contributed by atoms with Crippen LogP contribution in [0.4, 0.5) is 0 Å². The summed E-state index contributed by atoms with van der Waals surface area (Å²) in [6.07, 6.45) is 4.06. The van der Waals surface area contributed by atoms with Crippen LogP contribution in [0.15, 0.2) is 24.3 Å². The maximum atomic E-state index is 5.92. The Balaban J connectivity index is 1.93. The summed E-state index contributed by atoms with van der Waals surface area (Å²) in [6, 6.07) is 8.40. The third-order valence-corrected chi connectivity index (χ3v) is 4.38. The molecule has 1 nitrogen and oxygen atoms in total. The molecule has 0 heterocycles. The summed E-state index contributed by atoms with van der Waals surface area (Å²) < 4.78 is 0. The first-order chi connectivity index (χ1) is 7.27. The van der Waals surface area contributed by atoms with Gasteiger partial charge in [0.25, 0.3) is 0 Å². The monoisotopic (exact) mass is 221 g/mol. The molecule has 0 amide bonds. The summed E-state index contributed by atoms with van der Waals surface area (Å²) in [5.41, 5.74) is 7.71. The highest BCUT2D eigenvalue weighted by molar-refractivity contribution is 6.30. The van der Waals surface area contributed by atoms with Crippen LogP contribution in [0, 0.1) is 11.8 Å². The van der Waals surface area contributed by atoms with Gasteiger partial charge in [-0.05, 0) is 55.3 Å². The van der Waals surface area contributed by atoms with E-state index in [1.54, 1.807) is 0 Å². The lowest BCUT2D eigenvalue weighted by Gasteiger charge is -2.17. The predicted octanol–water partition coefficient (Wildman–Crippen LogP) is 2.97. The zero-order valence-corrected chi connectivity index (χ0v) is 9.50. The summed E-state index contributed by atoms with van der Waals surface area (Å²) in [5.74, 6) is 1.61. The Labute approximate surface area is 95.6 Å². The zero-order valence-electron chi connectivity index (χ0n) is 8.75. The van der Waals surface area contributed by atoms with Gasteiger partial charge in [0.2, 0.25) is 0 Å². The normalized spacial score (nSPS) is 34.1. The maximum absolute atomic E-state index is 5.92. The first kappa shape index (κ1) is 9.68.